The van der Waals surface area contributed by atoms with Gasteiger partial charge in [0.25, 0.3) is 0 Å². The van der Waals surface area contributed by atoms with Crippen LogP contribution in [0, 0.1) is 0 Å². The Balaban J connectivity index is 1.18. The topological polar surface area (TPSA) is 87.4 Å². The number of anilines is 1. The van der Waals surface area contributed by atoms with E-state index >= 15 is 0 Å². The summed E-state index contributed by atoms with van der Waals surface area (Å²) in [7, 11) is 0. The zero-order valence-electron chi connectivity index (χ0n) is 28.6. The van der Waals surface area contributed by atoms with E-state index in [-0.39, 0.29) is 0 Å². The fourth-order valence-corrected chi connectivity index (χ4v) is 7.21. The molecule has 0 radical (unpaired) electrons. The van der Waals surface area contributed by atoms with Gasteiger partial charge in [0.1, 0.15) is 5.82 Å². The molecule has 8 aromatic rings. The molecule has 0 aliphatic heterocycles. The molecule has 0 atom stereocenters. The van der Waals surface area contributed by atoms with Gasteiger partial charge in [0.05, 0.1) is 16.7 Å². The Morgan fingerprint density at radius 2 is 1.22 bits per heavy atom. The predicted octanol–water partition coefficient (Wildman–Crippen LogP) is 9.17. The molecule has 0 bridgehead atoms. The van der Waals surface area contributed by atoms with Crippen molar-refractivity contribution in [1.29, 1.82) is 0 Å². The summed E-state index contributed by atoms with van der Waals surface area (Å²) in [5, 5.41) is 14.7. The second-order valence-corrected chi connectivity index (χ2v) is 12.9. The lowest BCUT2D eigenvalue weighted by atomic mass is 9.77. The summed E-state index contributed by atoms with van der Waals surface area (Å²) in [6.45, 7) is 2.91. The highest BCUT2D eigenvalue weighted by atomic mass is 15.6. The summed E-state index contributed by atoms with van der Waals surface area (Å²) in [4.78, 5) is 6.73. The van der Waals surface area contributed by atoms with E-state index in [1.807, 2.05) is 42.5 Å². The third kappa shape index (κ3) is 5.87. The van der Waals surface area contributed by atoms with Crippen LogP contribution in [-0.2, 0) is 18.5 Å². The molecular weight excluding hydrogens is 627 g/mol. The molecule has 7 nitrogen and oxygen atoms in total. The number of aromatic nitrogens is 6. The van der Waals surface area contributed by atoms with Crippen molar-refractivity contribution < 1.29 is 0 Å². The van der Waals surface area contributed by atoms with Crippen molar-refractivity contribution in [2.45, 2.75) is 38.3 Å². The van der Waals surface area contributed by atoms with Crippen LogP contribution in [0.1, 0.15) is 47.8 Å². The Labute approximate surface area is 298 Å². The fraction of sp³-hybridized carbons (Fsp3) is 0.136. The number of benzene rings is 6. The second kappa shape index (κ2) is 13.9. The van der Waals surface area contributed by atoms with Crippen LogP contribution in [0.2, 0.25) is 0 Å². The van der Waals surface area contributed by atoms with Gasteiger partial charge in [-0.1, -0.05) is 159 Å². The maximum atomic E-state index is 6.47. The van der Waals surface area contributed by atoms with Gasteiger partial charge < -0.3 is 10.3 Å². The van der Waals surface area contributed by atoms with E-state index in [2.05, 4.69) is 127 Å². The van der Waals surface area contributed by atoms with Gasteiger partial charge in [-0.15, -0.1) is 15.0 Å². The quantitative estimate of drug-likeness (QED) is 0.110. The monoisotopic (exact) mass is 665 g/mol. The Morgan fingerprint density at radius 1 is 0.627 bits per heavy atom. The summed E-state index contributed by atoms with van der Waals surface area (Å²) in [6, 6.07) is 54.2. The highest BCUT2D eigenvalue weighted by Gasteiger charge is 2.41. The van der Waals surface area contributed by atoms with E-state index in [1.165, 1.54) is 5.56 Å². The molecule has 0 spiro atoms. The first kappa shape index (κ1) is 31.9. The molecule has 250 valence electrons. The lowest BCUT2D eigenvalue weighted by Crippen LogP contribution is -2.39. The number of nitrogens with zero attached hydrogens (tertiary/aromatic N) is 6. The van der Waals surface area contributed by atoms with E-state index in [9.17, 15) is 0 Å². The Morgan fingerprint density at radius 3 is 1.82 bits per heavy atom. The summed E-state index contributed by atoms with van der Waals surface area (Å²) in [5.41, 5.74) is 15.7. The number of unbranched alkanes of at least 4 members (excludes halogenated alkanes) is 1. The standard InChI is InChI=1S/C44H39N7/c1-2-3-26-41-46-40-25-15-24-39(45)42(40)50(41)31-32-27-29-33(30-28-32)37-22-13-14-23-38(37)43-47-49-51(48-43)44(34-16-7-4-8-17-34,35-18-9-5-10-19-35)36-20-11-6-12-21-36/h4-25,27-30H,2-3,26,31,45H2,1H3. The Hall–Kier alpha value is -6.34. The number of nitrogen functional groups attached to an aromatic ring is 1. The summed E-state index contributed by atoms with van der Waals surface area (Å²) >= 11 is 0. The van der Waals surface area contributed by atoms with Crippen LogP contribution in [0.25, 0.3) is 33.5 Å². The SMILES string of the molecule is CCCCc1nc2cccc(N)c2n1Cc1ccc(-c2ccccc2-c2nnn(C(c3ccccc3)(c3ccccc3)c3ccccc3)n2)cc1. The van der Waals surface area contributed by atoms with Crippen LogP contribution < -0.4 is 5.73 Å². The van der Waals surface area contributed by atoms with Crippen molar-refractivity contribution in [1.82, 2.24) is 29.8 Å². The van der Waals surface area contributed by atoms with Crippen LogP contribution >= 0.6 is 0 Å². The number of nitrogens with two attached hydrogens (primary N) is 1. The zero-order chi connectivity index (χ0) is 34.6. The first-order valence-corrected chi connectivity index (χ1v) is 17.6. The van der Waals surface area contributed by atoms with Crippen LogP contribution in [-0.4, -0.2) is 29.8 Å². The molecule has 0 aliphatic carbocycles. The molecule has 0 fully saturated rings. The molecule has 8 rings (SSSR count). The smallest absolute Gasteiger partial charge is 0.205 e. The van der Waals surface area contributed by atoms with E-state index in [0.29, 0.717) is 12.4 Å². The number of para-hydroxylation sites is 1. The summed E-state index contributed by atoms with van der Waals surface area (Å²) in [6.07, 6.45) is 3.12. The highest BCUT2D eigenvalue weighted by molar-refractivity contribution is 5.88. The molecule has 6 aromatic carbocycles. The predicted molar refractivity (Wildman–Crippen MR) is 205 cm³/mol. The van der Waals surface area contributed by atoms with Crippen LogP contribution in [0.4, 0.5) is 5.69 Å². The maximum Gasteiger partial charge on any atom is 0.205 e. The van der Waals surface area contributed by atoms with Crippen molar-refractivity contribution in [3.05, 3.63) is 186 Å². The fourth-order valence-electron chi connectivity index (χ4n) is 7.21. The largest absolute Gasteiger partial charge is 0.397 e. The van der Waals surface area contributed by atoms with E-state index in [0.717, 1.165) is 75.2 Å². The van der Waals surface area contributed by atoms with E-state index in [4.69, 9.17) is 26.1 Å². The van der Waals surface area contributed by atoms with Gasteiger partial charge in [0.15, 0.2) is 5.54 Å². The van der Waals surface area contributed by atoms with Crippen LogP contribution in [0.3, 0.4) is 0 Å². The molecule has 7 heteroatoms. The number of rotatable bonds is 11. The molecule has 2 aromatic heterocycles. The van der Waals surface area contributed by atoms with Crippen LogP contribution in [0.5, 0.6) is 0 Å². The van der Waals surface area contributed by atoms with E-state index in [1.54, 1.807) is 4.80 Å². The minimum atomic E-state index is -0.845. The maximum absolute atomic E-state index is 6.47. The molecule has 2 N–H and O–H groups in total. The number of fused-ring (bicyclic) bond motifs is 1. The van der Waals surface area contributed by atoms with Crippen LogP contribution in [0.15, 0.2) is 158 Å². The zero-order valence-corrected chi connectivity index (χ0v) is 28.6. The number of tetrazole rings is 1. The van der Waals surface area contributed by atoms with Crippen molar-refractivity contribution >= 4 is 16.7 Å². The lowest BCUT2D eigenvalue weighted by molar-refractivity contribution is 0.396. The van der Waals surface area contributed by atoms with Gasteiger partial charge >= 0.3 is 0 Å². The van der Waals surface area contributed by atoms with Gasteiger partial charge in [0, 0.05) is 18.5 Å². The van der Waals surface area contributed by atoms with Gasteiger partial charge in [-0.3, -0.25) is 0 Å². The minimum absolute atomic E-state index is 0.558. The average molecular weight is 666 g/mol. The van der Waals surface area contributed by atoms with Gasteiger partial charge in [-0.25, -0.2) is 4.98 Å². The lowest BCUT2D eigenvalue weighted by Gasteiger charge is -2.34. The number of aryl methyl sites for hydroxylation is 1. The first-order valence-electron chi connectivity index (χ1n) is 17.6. The van der Waals surface area contributed by atoms with Crippen molar-refractivity contribution in [2.75, 3.05) is 5.73 Å². The molecular formula is C44H39N7. The van der Waals surface area contributed by atoms with E-state index < -0.39 is 5.54 Å². The van der Waals surface area contributed by atoms with Gasteiger partial charge in [0.2, 0.25) is 5.82 Å². The molecule has 51 heavy (non-hydrogen) atoms. The molecule has 0 amide bonds. The number of imidazole rings is 1. The minimum Gasteiger partial charge on any atom is -0.397 e. The third-order valence-corrected chi connectivity index (χ3v) is 9.69. The Bertz CT molecular complexity index is 2280. The summed E-state index contributed by atoms with van der Waals surface area (Å²) in [5.74, 6) is 1.63. The third-order valence-electron chi connectivity index (χ3n) is 9.69. The van der Waals surface area contributed by atoms with Gasteiger partial charge in [-0.05, 0) is 57.1 Å². The normalized spacial score (nSPS) is 11.6. The molecule has 0 saturated heterocycles. The summed E-state index contributed by atoms with van der Waals surface area (Å²) < 4.78 is 2.28. The van der Waals surface area contributed by atoms with Crippen molar-refractivity contribution in [2.24, 2.45) is 0 Å². The molecule has 0 aliphatic rings. The van der Waals surface area contributed by atoms with Crippen molar-refractivity contribution in [3.63, 3.8) is 0 Å². The molecule has 0 saturated carbocycles. The van der Waals surface area contributed by atoms with Crippen molar-refractivity contribution in [3.8, 4) is 22.5 Å². The second-order valence-electron chi connectivity index (χ2n) is 12.9. The average Bonchev–Trinajstić information content (AvgIpc) is 3.82. The van der Waals surface area contributed by atoms with Gasteiger partial charge in [-0.2, -0.15) is 0 Å². The Kier molecular flexibility index (Phi) is 8.68. The molecule has 2 heterocycles. The first-order chi connectivity index (χ1) is 25.2. The highest BCUT2D eigenvalue weighted by Crippen LogP contribution is 2.40. The molecule has 0 unspecified atom stereocenters. The number of hydrogen-bond donors (Lipinski definition) is 1. The number of hydrogen-bond acceptors (Lipinski definition) is 5.